The monoisotopic (exact) mass is 367 g/mol. The maximum atomic E-state index is 11.1. The van der Waals surface area contributed by atoms with Crippen molar-refractivity contribution in [2.75, 3.05) is 12.5 Å². The Morgan fingerprint density at radius 2 is 1.89 bits per heavy atom. The maximum Gasteiger partial charge on any atom is 0.301 e. The highest BCUT2D eigenvalue weighted by Gasteiger charge is 2.19. The predicted octanol–water partition coefficient (Wildman–Crippen LogP) is 3.51. The van der Waals surface area contributed by atoms with E-state index >= 15 is 0 Å². The number of para-hydroxylation sites is 1. The average molecular weight is 367 g/mol. The lowest BCUT2D eigenvalue weighted by Gasteiger charge is -2.06. The minimum atomic E-state index is -0.719. The van der Waals surface area contributed by atoms with Gasteiger partial charge >= 0.3 is 5.69 Å². The first-order chi connectivity index (χ1) is 13.0. The van der Waals surface area contributed by atoms with E-state index in [9.17, 15) is 20.2 Å². The first-order valence-corrected chi connectivity index (χ1v) is 7.65. The fourth-order valence-electron chi connectivity index (χ4n) is 2.42. The molecule has 2 aromatic carbocycles. The van der Waals surface area contributed by atoms with Crippen LogP contribution < -0.4 is 10.2 Å². The van der Waals surface area contributed by atoms with Gasteiger partial charge in [-0.3, -0.25) is 25.7 Å². The van der Waals surface area contributed by atoms with Crippen LogP contribution in [0.5, 0.6) is 5.88 Å². The van der Waals surface area contributed by atoms with Crippen molar-refractivity contribution >= 4 is 34.2 Å². The number of anilines is 1. The quantitative estimate of drug-likeness (QED) is 0.400. The van der Waals surface area contributed by atoms with Gasteiger partial charge in [-0.25, -0.2) is 4.98 Å². The van der Waals surface area contributed by atoms with Crippen LogP contribution in [0.4, 0.5) is 17.1 Å². The molecule has 0 radical (unpaired) electrons. The van der Waals surface area contributed by atoms with Crippen molar-refractivity contribution in [2.45, 2.75) is 0 Å². The first-order valence-electron chi connectivity index (χ1n) is 7.65. The van der Waals surface area contributed by atoms with Gasteiger partial charge in [-0.05, 0) is 18.2 Å². The summed E-state index contributed by atoms with van der Waals surface area (Å²) < 4.78 is 5.25. The highest BCUT2D eigenvalue weighted by Crippen LogP contribution is 2.29. The number of non-ortho nitro benzene ring substituents is 1. The van der Waals surface area contributed by atoms with Gasteiger partial charge in [0.2, 0.25) is 5.88 Å². The largest absolute Gasteiger partial charge is 0.481 e. The normalized spacial score (nSPS) is 10.9. The average Bonchev–Trinajstić information content (AvgIpc) is 2.67. The van der Waals surface area contributed by atoms with E-state index < -0.39 is 15.5 Å². The Kier molecular flexibility index (Phi) is 4.88. The van der Waals surface area contributed by atoms with Crippen molar-refractivity contribution in [3.05, 3.63) is 74.3 Å². The van der Waals surface area contributed by atoms with Crippen LogP contribution in [0.3, 0.4) is 0 Å². The molecule has 0 saturated heterocycles. The Labute approximate surface area is 152 Å². The van der Waals surface area contributed by atoms with Crippen LogP contribution >= 0.6 is 0 Å². The fraction of sp³-hybridized carbons (Fsp3) is 0.0588. The molecule has 0 fully saturated rings. The van der Waals surface area contributed by atoms with Crippen molar-refractivity contribution < 1.29 is 14.6 Å². The summed E-state index contributed by atoms with van der Waals surface area (Å²) in [5.74, 6) is 0.345. The molecule has 1 aromatic heterocycles. The van der Waals surface area contributed by atoms with E-state index in [2.05, 4.69) is 15.5 Å². The van der Waals surface area contributed by atoms with Gasteiger partial charge in [0.1, 0.15) is 5.69 Å². The molecule has 1 heterocycles. The van der Waals surface area contributed by atoms with Crippen LogP contribution in [-0.4, -0.2) is 28.2 Å². The number of hydrogen-bond donors (Lipinski definition) is 1. The van der Waals surface area contributed by atoms with Gasteiger partial charge in [0.25, 0.3) is 5.69 Å². The number of nitro groups is 2. The predicted molar refractivity (Wildman–Crippen MR) is 99.3 cm³/mol. The molecule has 10 nitrogen and oxygen atoms in total. The number of rotatable bonds is 6. The summed E-state index contributed by atoms with van der Waals surface area (Å²) in [7, 11) is 1.48. The standard InChI is InChI=1S/C17H13N5O5/c1-27-17-12(8-11-4-2-3-5-14(11)19-17)10-18-20-15-7-6-13(21(23)24)9-16(15)22(25)26/h2-10,20H,1H3/b18-10-. The third-order valence-electron chi connectivity index (χ3n) is 3.69. The first kappa shape index (κ1) is 17.7. The van der Waals surface area contributed by atoms with Gasteiger partial charge in [-0.15, -0.1) is 0 Å². The molecule has 0 saturated carbocycles. The van der Waals surface area contributed by atoms with Gasteiger partial charge in [-0.2, -0.15) is 5.10 Å². The SMILES string of the molecule is COc1nc2ccccc2cc1/C=N\Nc1ccc([N+](=O)[O-])cc1[N+](=O)[O-]. The van der Waals surface area contributed by atoms with Crippen LogP contribution in [0.1, 0.15) is 5.56 Å². The fourth-order valence-corrected chi connectivity index (χ4v) is 2.42. The highest BCUT2D eigenvalue weighted by molar-refractivity contribution is 5.91. The van der Waals surface area contributed by atoms with Gasteiger partial charge in [0, 0.05) is 11.5 Å². The molecule has 136 valence electrons. The number of methoxy groups -OCH3 is 1. The van der Waals surface area contributed by atoms with E-state index in [-0.39, 0.29) is 11.4 Å². The maximum absolute atomic E-state index is 11.1. The smallest absolute Gasteiger partial charge is 0.301 e. The number of nitrogens with one attached hydrogen (secondary N) is 1. The van der Waals surface area contributed by atoms with Gasteiger partial charge < -0.3 is 4.74 Å². The lowest BCUT2D eigenvalue weighted by molar-refractivity contribution is -0.393. The minimum absolute atomic E-state index is 0.0227. The molecule has 0 aliphatic heterocycles. The topological polar surface area (TPSA) is 133 Å². The van der Waals surface area contributed by atoms with E-state index in [1.165, 1.54) is 19.4 Å². The number of aromatic nitrogens is 1. The van der Waals surface area contributed by atoms with Crippen LogP contribution in [0.15, 0.2) is 53.6 Å². The Hall–Kier alpha value is -4.08. The molecule has 3 aromatic rings. The summed E-state index contributed by atoms with van der Waals surface area (Å²) in [6.45, 7) is 0. The van der Waals surface area contributed by atoms with E-state index in [0.29, 0.717) is 11.4 Å². The third kappa shape index (κ3) is 3.79. The van der Waals surface area contributed by atoms with E-state index in [1.807, 2.05) is 30.3 Å². The van der Waals surface area contributed by atoms with Gasteiger partial charge in [0.05, 0.1) is 40.3 Å². The number of fused-ring (bicyclic) bond motifs is 1. The Morgan fingerprint density at radius 1 is 1.11 bits per heavy atom. The summed E-state index contributed by atoms with van der Waals surface area (Å²) in [5.41, 5.74) is 3.04. The van der Waals surface area contributed by atoms with E-state index in [0.717, 1.165) is 23.0 Å². The second-order valence-electron chi connectivity index (χ2n) is 5.37. The number of nitrogens with zero attached hydrogens (tertiary/aromatic N) is 4. The lowest BCUT2D eigenvalue weighted by atomic mass is 10.1. The lowest BCUT2D eigenvalue weighted by Crippen LogP contribution is -2.00. The van der Waals surface area contributed by atoms with Gasteiger partial charge in [-0.1, -0.05) is 18.2 Å². The summed E-state index contributed by atoms with van der Waals surface area (Å²) >= 11 is 0. The molecule has 0 atom stereocenters. The number of hydrogen-bond acceptors (Lipinski definition) is 8. The van der Waals surface area contributed by atoms with Crippen molar-refractivity contribution in [1.82, 2.24) is 4.98 Å². The Bertz CT molecular complexity index is 1070. The number of benzene rings is 2. The summed E-state index contributed by atoms with van der Waals surface area (Å²) in [6.07, 6.45) is 1.41. The summed E-state index contributed by atoms with van der Waals surface area (Å²) in [5, 5.41) is 26.8. The molecule has 0 aliphatic carbocycles. The molecular weight excluding hydrogens is 354 g/mol. The number of pyridine rings is 1. The van der Waals surface area contributed by atoms with Crippen molar-refractivity contribution in [3.63, 3.8) is 0 Å². The Morgan fingerprint density at radius 3 is 2.59 bits per heavy atom. The number of ether oxygens (including phenoxy) is 1. The second kappa shape index (κ2) is 7.44. The van der Waals surface area contributed by atoms with E-state index in [1.54, 1.807) is 0 Å². The minimum Gasteiger partial charge on any atom is -0.481 e. The molecule has 1 N–H and O–H groups in total. The van der Waals surface area contributed by atoms with Crippen LogP contribution in [0, 0.1) is 20.2 Å². The summed E-state index contributed by atoms with van der Waals surface area (Å²) in [6, 6.07) is 12.5. The van der Waals surface area contributed by atoms with Crippen LogP contribution in [-0.2, 0) is 0 Å². The Balaban J connectivity index is 1.90. The van der Waals surface area contributed by atoms with Crippen molar-refractivity contribution in [1.29, 1.82) is 0 Å². The van der Waals surface area contributed by atoms with E-state index in [4.69, 9.17) is 4.74 Å². The third-order valence-corrected chi connectivity index (χ3v) is 3.69. The molecule has 27 heavy (non-hydrogen) atoms. The van der Waals surface area contributed by atoms with Crippen LogP contribution in [0.2, 0.25) is 0 Å². The van der Waals surface area contributed by atoms with Gasteiger partial charge in [0.15, 0.2) is 0 Å². The van der Waals surface area contributed by atoms with Crippen molar-refractivity contribution in [2.24, 2.45) is 5.10 Å². The highest BCUT2D eigenvalue weighted by atomic mass is 16.6. The second-order valence-corrected chi connectivity index (χ2v) is 5.37. The zero-order valence-corrected chi connectivity index (χ0v) is 14.0. The van der Waals surface area contributed by atoms with Crippen molar-refractivity contribution in [3.8, 4) is 5.88 Å². The molecule has 0 bridgehead atoms. The molecule has 3 rings (SSSR count). The molecule has 0 unspecified atom stereocenters. The molecular formula is C17H13N5O5. The zero-order valence-electron chi connectivity index (χ0n) is 14.0. The molecule has 0 spiro atoms. The zero-order chi connectivity index (χ0) is 19.4. The number of hydrazone groups is 1. The summed E-state index contributed by atoms with van der Waals surface area (Å²) in [4.78, 5) is 24.9. The number of nitro benzene ring substituents is 2. The van der Waals surface area contributed by atoms with Crippen LogP contribution in [0.25, 0.3) is 10.9 Å². The molecule has 0 amide bonds. The molecule has 10 heteroatoms. The molecule has 0 aliphatic rings.